The van der Waals surface area contributed by atoms with Gasteiger partial charge in [0.15, 0.2) is 0 Å². The van der Waals surface area contributed by atoms with Crippen LogP contribution in [0.5, 0.6) is 0 Å². The number of halogens is 11. The molecule has 0 saturated heterocycles. The van der Waals surface area contributed by atoms with Crippen LogP contribution in [0.25, 0.3) is 0 Å². The minimum atomic E-state index is -6.92. The van der Waals surface area contributed by atoms with Gasteiger partial charge in [-0.15, -0.1) is 0 Å². The van der Waals surface area contributed by atoms with Gasteiger partial charge in [-0.05, 0) is 40.2 Å². The Kier molecular flexibility index (Phi) is 7.54. The monoisotopic (exact) mass is 689 g/mol. The molecule has 0 saturated carbocycles. The van der Waals surface area contributed by atoms with Gasteiger partial charge in [-0.2, -0.15) is 30.7 Å². The molecule has 1 aliphatic carbocycles. The Balaban J connectivity index is 2.42. The lowest BCUT2D eigenvalue weighted by molar-refractivity contribution is -0.332. The van der Waals surface area contributed by atoms with Crippen molar-refractivity contribution in [2.75, 3.05) is 0 Å². The predicted molar refractivity (Wildman–Crippen MR) is 126 cm³/mol. The van der Waals surface area contributed by atoms with Gasteiger partial charge >= 0.3 is 17.4 Å². The molecule has 2 atom stereocenters. The number of hydrogen-bond acceptors (Lipinski definition) is 2. The first kappa shape index (κ1) is 28.7. The number of rotatable bonds is 5. The van der Waals surface area contributed by atoms with Crippen LogP contribution in [0.1, 0.15) is 17.5 Å². The van der Waals surface area contributed by atoms with Crippen molar-refractivity contribution in [3.8, 4) is 0 Å². The second-order valence-electron chi connectivity index (χ2n) is 7.65. The van der Waals surface area contributed by atoms with Crippen LogP contribution in [0.4, 0.5) is 30.7 Å². The molecule has 1 aliphatic rings. The fourth-order valence-corrected chi connectivity index (χ4v) is 9.11. The van der Waals surface area contributed by atoms with Crippen LogP contribution in [-0.2, 0) is 18.9 Å². The maximum absolute atomic E-state index is 15.0. The predicted octanol–water partition coefficient (Wildman–Crippen LogP) is 8.57. The van der Waals surface area contributed by atoms with E-state index in [0.717, 1.165) is 12.1 Å². The van der Waals surface area contributed by atoms with Crippen molar-refractivity contribution in [3.05, 3.63) is 86.7 Å². The van der Waals surface area contributed by atoms with Crippen molar-refractivity contribution in [1.82, 2.24) is 0 Å². The van der Waals surface area contributed by atoms with E-state index in [4.69, 9.17) is 23.2 Å². The molecule has 0 amide bonds. The molecule has 0 N–H and O–H groups in total. The van der Waals surface area contributed by atoms with E-state index in [1.54, 1.807) is 0 Å². The Labute approximate surface area is 222 Å². The van der Waals surface area contributed by atoms with Gasteiger partial charge < -0.3 is 0 Å². The number of alkyl halides is 8. The minimum absolute atomic E-state index is 0.0423. The first-order valence-electron chi connectivity index (χ1n) is 9.34. The van der Waals surface area contributed by atoms with E-state index in [-0.39, 0.29) is 15.1 Å². The highest BCUT2D eigenvalue weighted by molar-refractivity contribution is 9.12. The normalized spacial score (nSPS) is 24.3. The van der Waals surface area contributed by atoms with Crippen molar-refractivity contribution < 1.29 is 39.2 Å². The first-order chi connectivity index (χ1) is 15.8. The van der Waals surface area contributed by atoms with Gasteiger partial charge in [0.1, 0.15) is 4.75 Å². The van der Waals surface area contributed by atoms with E-state index >= 15 is 0 Å². The average molecular weight is 692 g/mol. The fourth-order valence-electron chi connectivity index (χ4n) is 3.80. The van der Waals surface area contributed by atoms with Crippen molar-refractivity contribution >= 4 is 64.9 Å². The Bertz CT molecular complexity index is 1280. The summed E-state index contributed by atoms with van der Waals surface area (Å²) in [5.41, 5.74) is -0.482. The Morgan fingerprint density at radius 2 is 1.29 bits per heavy atom. The molecule has 14 heteroatoms. The maximum atomic E-state index is 15.0. The van der Waals surface area contributed by atoms with Gasteiger partial charge in [0.2, 0.25) is 9.84 Å². The lowest BCUT2D eigenvalue weighted by Crippen LogP contribution is -2.61. The standard InChI is InChI=1S/C21H12Br2Cl2F7O2S/c22-12-9-17(23,13-5-1-3-7-15(13)24)11-18(10-12,14-6-2-4-8-16(14)25)35(33,34)21(31,32)19(26,27)20(28,29)30/h1-10H,11H2. The summed E-state index contributed by atoms with van der Waals surface area (Å²) >= 11 is 18.6. The third-order valence-electron chi connectivity index (χ3n) is 5.45. The molecule has 0 bridgehead atoms. The summed E-state index contributed by atoms with van der Waals surface area (Å²) in [6, 6.07) is 10.4. The molecule has 0 aliphatic heterocycles. The van der Waals surface area contributed by atoms with E-state index in [9.17, 15) is 39.2 Å². The quantitative estimate of drug-likeness (QED) is 0.233. The molecule has 191 valence electrons. The van der Waals surface area contributed by atoms with Crippen LogP contribution in [0.2, 0.25) is 10.0 Å². The van der Waals surface area contributed by atoms with Crippen molar-refractivity contribution in [1.29, 1.82) is 0 Å². The Hall–Kier alpha value is -0.820. The summed E-state index contributed by atoms with van der Waals surface area (Å²) in [4.78, 5) is 0. The summed E-state index contributed by atoms with van der Waals surface area (Å²) in [5.74, 6) is -6.92. The zero-order valence-electron chi connectivity index (χ0n) is 16.9. The number of hydrogen-bond donors (Lipinski definition) is 0. The highest BCUT2D eigenvalue weighted by Crippen LogP contribution is 2.61. The third-order valence-corrected chi connectivity index (χ3v) is 9.87. The molecule has 1 radical (unpaired) electrons. The summed E-state index contributed by atoms with van der Waals surface area (Å²) < 4.78 is 119. The number of benzene rings is 2. The van der Waals surface area contributed by atoms with Crippen LogP contribution >= 0.6 is 55.1 Å². The highest BCUT2D eigenvalue weighted by Gasteiger charge is 2.81. The van der Waals surface area contributed by atoms with Crippen LogP contribution < -0.4 is 0 Å². The van der Waals surface area contributed by atoms with E-state index in [2.05, 4.69) is 31.9 Å². The maximum Gasteiger partial charge on any atom is 0.461 e. The Morgan fingerprint density at radius 3 is 1.74 bits per heavy atom. The summed E-state index contributed by atoms with van der Waals surface area (Å²) in [7, 11) is -6.75. The number of allylic oxidation sites excluding steroid dienone is 1. The molecule has 3 rings (SSSR count). The van der Waals surface area contributed by atoms with Crippen molar-refractivity contribution in [2.45, 2.75) is 32.8 Å². The molecule has 0 heterocycles. The molecule has 2 aromatic rings. The zero-order valence-corrected chi connectivity index (χ0v) is 22.4. The van der Waals surface area contributed by atoms with Crippen molar-refractivity contribution in [2.24, 2.45) is 0 Å². The second kappa shape index (κ2) is 9.18. The van der Waals surface area contributed by atoms with Crippen LogP contribution in [0, 0.1) is 6.42 Å². The molecular formula is C21H12Br2Cl2F7O2S. The minimum Gasteiger partial charge on any atom is -0.221 e. The van der Waals surface area contributed by atoms with Crippen LogP contribution in [0.3, 0.4) is 0 Å². The lowest BCUT2D eigenvalue weighted by atomic mass is 9.78. The van der Waals surface area contributed by atoms with Gasteiger partial charge in [0, 0.05) is 16.5 Å². The van der Waals surface area contributed by atoms with Gasteiger partial charge in [-0.3, -0.25) is 0 Å². The molecule has 0 fully saturated rings. The molecular weight excluding hydrogens is 680 g/mol. The Morgan fingerprint density at radius 1 is 0.829 bits per heavy atom. The van der Waals surface area contributed by atoms with E-state index < -0.39 is 53.3 Å². The van der Waals surface area contributed by atoms with Crippen molar-refractivity contribution in [3.63, 3.8) is 0 Å². The van der Waals surface area contributed by atoms with E-state index in [1.807, 2.05) is 0 Å². The molecule has 2 nitrogen and oxygen atoms in total. The van der Waals surface area contributed by atoms with Crippen LogP contribution in [0.15, 0.2) is 59.1 Å². The number of sulfone groups is 1. The average Bonchev–Trinajstić information content (AvgIpc) is 2.72. The lowest BCUT2D eigenvalue weighted by Gasteiger charge is -2.45. The molecule has 0 spiro atoms. The summed E-state index contributed by atoms with van der Waals surface area (Å²) in [5, 5.41) is -7.00. The van der Waals surface area contributed by atoms with Gasteiger partial charge in [-0.25, -0.2) is 8.42 Å². The molecule has 2 aromatic carbocycles. The van der Waals surface area contributed by atoms with Crippen LogP contribution in [-0.4, -0.2) is 25.8 Å². The highest BCUT2D eigenvalue weighted by atomic mass is 79.9. The summed E-state index contributed by atoms with van der Waals surface area (Å²) in [6.45, 7) is 0. The zero-order chi connectivity index (χ0) is 26.7. The molecule has 35 heavy (non-hydrogen) atoms. The first-order valence-corrected chi connectivity index (χ1v) is 13.2. The fraction of sp³-hybridized carbons (Fsp3) is 0.286. The second-order valence-corrected chi connectivity index (χ2v) is 13.0. The topological polar surface area (TPSA) is 34.1 Å². The van der Waals surface area contributed by atoms with Gasteiger partial charge in [0.05, 0.1) is 4.32 Å². The smallest absolute Gasteiger partial charge is 0.221 e. The molecule has 2 unspecified atom stereocenters. The summed E-state index contributed by atoms with van der Waals surface area (Å²) in [6.07, 6.45) is -5.92. The van der Waals surface area contributed by atoms with Gasteiger partial charge in [-0.1, -0.05) is 91.5 Å². The van der Waals surface area contributed by atoms with E-state index in [0.29, 0.717) is 6.08 Å². The SMILES string of the molecule is O=S(=O)(C1(c2ccccc2Cl)C=C(Br)[CH]C(Br)(c2ccccc2Cl)C1)C(F)(F)C(F)(F)C(F)(F)F. The van der Waals surface area contributed by atoms with E-state index in [1.165, 1.54) is 42.8 Å². The largest absolute Gasteiger partial charge is 0.461 e. The van der Waals surface area contributed by atoms with Gasteiger partial charge in [0.25, 0.3) is 0 Å². The third kappa shape index (κ3) is 4.45. The molecule has 0 aromatic heterocycles.